The van der Waals surface area contributed by atoms with Crippen LogP contribution in [0.2, 0.25) is 10.3 Å². The van der Waals surface area contributed by atoms with E-state index in [1.807, 2.05) is 54.6 Å². The van der Waals surface area contributed by atoms with Crippen LogP contribution >= 0.6 is 39.1 Å². The Kier molecular flexibility index (Phi) is 5.28. The molecule has 0 bridgehead atoms. The molecule has 1 heterocycles. The number of rotatable bonds is 4. The summed E-state index contributed by atoms with van der Waals surface area (Å²) in [4.78, 5) is 17.1. The number of halogens is 3. The summed E-state index contributed by atoms with van der Waals surface area (Å²) in [5.74, 6) is -0.0284. The minimum Gasteiger partial charge on any atom is -0.298 e. The Morgan fingerprint density at radius 3 is 1.92 bits per heavy atom. The van der Waals surface area contributed by atoms with Crippen molar-refractivity contribution in [3.05, 3.63) is 98.2 Å². The molecule has 5 heteroatoms. The van der Waals surface area contributed by atoms with Gasteiger partial charge < -0.3 is 0 Å². The highest BCUT2D eigenvalue weighted by molar-refractivity contribution is 9.10. The summed E-state index contributed by atoms with van der Waals surface area (Å²) in [5.41, 5.74) is 1.37. The number of hydrogen-bond donors (Lipinski definition) is 0. The Hall–Kier alpha value is -1.68. The summed E-state index contributed by atoms with van der Waals surface area (Å²) in [7, 11) is 0. The Balaban J connectivity index is 2.41. The van der Waals surface area contributed by atoms with E-state index in [2.05, 4.69) is 20.9 Å². The quantitative estimate of drug-likeness (QED) is 0.466. The Labute approximate surface area is 164 Å². The number of aromatic nitrogens is 1. The van der Waals surface area contributed by atoms with Crippen molar-refractivity contribution in [1.29, 1.82) is 0 Å². The first-order valence-corrected chi connectivity index (χ1v) is 9.15. The predicted octanol–water partition coefficient (Wildman–Crippen LogP) is 6.07. The molecule has 0 fully saturated rings. The van der Waals surface area contributed by atoms with E-state index in [-0.39, 0.29) is 16.1 Å². The van der Waals surface area contributed by atoms with Crippen LogP contribution in [0.3, 0.4) is 0 Å². The lowest BCUT2D eigenvalue weighted by atomic mass is 9.67. The van der Waals surface area contributed by atoms with Crippen molar-refractivity contribution in [1.82, 2.24) is 4.98 Å². The fraction of sp³-hybridized carbons (Fsp3) is 0.100. The molecule has 0 saturated carbocycles. The first-order valence-electron chi connectivity index (χ1n) is 7.61. The molecule has 2 nitrogen and oxygen atoms in total. The fourth-order valence-electron chi connectivity index (χ4n) is 3.18. The van der Waals surface area contributed by atoms with E-state index in [1.54, 1.807) is 19.1 Å². The van der Waals surface area contributed by atoms with E-state index in [9.17, 15) is 4.79 Å². The normalized spacial score (nSPS) is 13.3. The van der Waals surface area contributed by atoms with E-state index in [0.717, 1.165) is 15.6 Å². The van der Waals surface area contributed by atoms with Crippen LogP contribution in [-0.4, -0.2) is 10.8 Å². The van der Waals surface area contributed by atoms with Crippen molar-refractivity contribution < 1.29 is 4.79 Å². The zero-order chi connectivity index (χ0) is 18.0. The second kappa shape index (κ2) is 7.28. The maximum atomic E-state index is 13.1. The molecular formula is C20H14BrCl2NO. The zero-order valence-electron chi connectivity index (χ0n) is 13.3. The van der Waals surface area contributed by atoms with Gasteiger partial charge in [0.15, 0.2) is 0 Å². The average molecular weight is 435 g/mol. The average Bonchev–Trinajstić information content (AvgIpc) is 2.57. The highest BCUT2D eigenvalue weighted by Gasteiger charge is 2.41. The van der Waals surface area contributed by atoms with Crippen molar-refractivity contribution >= 4 is 44.9 Å². The minimum atomic E-state index is -1.02. The van der Waals surface area contributed by atoms with E-state index in [4.69, 9.17) is 23.2 Å². The van der Waals surface area contributed by atoms with Gasteiger partial charge >= 0.3 is 0 Å². The smallest absolute Gasteiger partial charge is 0.149 e. The highest BCUT2D eigenvalue weighted by Crippen LogP contribution is 2.41. The molecule has 0 spiro atoms. The third kappa shape index (κ3) is 3.37. The van der Waals surface area contributed by atoms with Gasteiger partial charge in [-0.3, -0.25) is 4.79 Å². The van der Waals surface area contributed by atoms with Crippen molar-refractivity contribution in [3.63, 3.8) is 0 Å². The van der Waals surface area contributed by atoms with Crippen LogP contribution in [0.25, 0.3) is 0 Å². The van der Waals surface area contributed by atoms with Gasteiger partial charge in [0.25, 0.3) is 0 Å². The maximum absolute atomic E-state index is 13.1. The molecule has 1 atom stereocenters. The lowest BCUT2D eigenvalue weighted by Gasteiger charge is -2.33. The summed E-state index contributed by atoms with van der Waals surface area (Å²) in [6.07, 6.45) is 0. The van der Waals surface area contributed by atoms with Gasteiger partial charge in [0.2, 0.25) is 0 Å². The summed E-state index contributed by atoms with van der Waals surface area (Å²) in [6.45, 7) is 1.58. The molecule has 3 rings (SSSR count). The number of benzene rings is 2. The number of Topliss-reactive ketones (excluding diaryl/α,β-unsaturated/α-hetero) is 1. The van der Waals surface area contributed by atoms with Gasteiger partial charge in [0.1, 0.15) is 21.5 Å². The van der Waals surface area contributed by atoms with Gasteiger partial charge in [-0.1, -0.05) is 81.6 Å². The molecule has 3 aromatic rings. The van der Waals surface area contributed by atoms with Gasteiger partial charge in [-0.2, -0.15) is 0 Å². The van der Waals surface area contributed by atoms with Gasteiger partial charge in [0.05, 0.1) is 0 Å². The summed E-state index contributed by atoms with van der Waals surface area (Å²) < 4.78 is 0.938. The molecule has 1 unspecified atom stereocenters. The zero-order valence-corrected chi connectivity index (χ0v) is 16.4. The third-order valence-electron chi connectivity index (χ3n) is 4.21. The van der Waals surface area contributed by atoms with Gasteiger partial charge in [-0.25, -0.2) is 4.98 Å². The molecular weight excluding hydrogens is 421 g/mol. The fourth-order valence-corrected chi connectivity index (χ4v) is 3.90. The molecule has 0 amide bonds. The molecule has 25 heavy (non-hydrogen) atoms. The van der Waals surface area contributed by atoms with E-state index in [1.165, 1.54) is 0 Å². The molecule has 0 saturated heterocycles. The van der Waals surface area contributed by atoms with Crippen molar-refractivity contribution in [2.75, 3.05) is 0 Å². The monoisotopic (exact) mass is 433 g/mol. The molecule has 0 aliphatic carbocycles. The number of carbonyl (C=O) groups excluding carboxylic acids is 1. The van der Waals surface area contributed by atoms with Crippen molar-refractivity contribution in [2.45, 2.75) is 12.3 Å². The summed E-state index contributed by atoms with van der Waals surface area (Å²) >= 11 is 15.7. The topological polar surface area (TPSA) is 30.0 Å². The van der Waals surface area contributed by atoms with Crippen LogP contribution < -0.4 is 0 Å². The highest BCUT2D eigenvalue weighted by atomic mass is 79.9. The predicted molar refractivity (Wildman–Crippen MR) is 105 cm³/mol. The summed E-state index contributed by atoms with van der Waals surface area (Å²) in [5, 5.41) is 0.502. The minimum absolute atomic E-state index is 0.0284. The number of ketones is 1. The van der Waals surface area contributed by atoms with Crippen LogP contribution in [0.5, 0.6) is 0 Å². The third-order valence-corrected chi connectivity index (χ3v) is 5.12. The Morgan fingerprint density at radius 2 is 1.40 bits per heavy atom. The molecule has 126 valence electrons. The lowest BCUT2D eigenvalue weighted by Crippen LogP contribution is -2.37. The van der Waals surface area contributed by atoms with Crippen molar-refractivity contribution in [2.24, 2.45) is 0 Å². The first-order chi connectivity index (χ1) is 11.9. The number of nitrogens with zero attached hydrogens (tertiary/aromatic N) is 1. The Bertz CT molecular complexity index is 892. The molecule has 1 aromatic heterocycles. The lowest BCUT2D eigenvalue weighted by molar-refractivity contribution is -0.119. The number of carbonyl (C=O) groups is 1. The van der Waals surface area contributed by atoms with Crippen LogP contribution in [-0.2, 0) is 10.2 Å². The second-order valence-electron chi connectivity index (χ2n) is 5.68. The summed E-state index contributed by atoms with van der Waals surface area (Å²) in [6, 6.07) is 20.7. The van der Waals surface area contributed by atoms with Crippen LogP contribution in [0.15, 0.2) is 71.2 Å². The van der Waals surface area contributed by atoms with E-state index < -0.39 is 5.41 Å². The largest absolute Gasteiger partial charge is 0.298 e. The SMILES string of the molecule is CC(=O)C(c1ccccc1)(c1ccc(Br)cc1)c1cc(Cl)nc(Cl)c1. The van der Waals surface area contributed by atoms with Gasteiger partial charge in [0, 0.05) is 4.47 Å². The number of hydrogen-bond acceptors (Lipinski definition) is 2. The Morgan fingerprint density at radius 1 is 0.880 bits per heavy atom. The molecule has 0 N–H and O–H groups in total. The van der Waals surface area contributed by atoms with E-state index in [0.29, 0.717) is 5.56 Å². The second-order valence-corrected chi connectivity index (χ2v) is 7.37. The molecule has 2 aromatic carbocycles. The van der Waals surface area contributed by atoms with Crippen LogP contribution in [0.4, 0.5) is 0 Å². The first kappa shape index (κ1) is 18.1. The molecule has 0 radical (unpaired) electrons. The maximum Gasteiger partial charge on any atom is 0.149 e. The van der Waals surface area contributed by atoms with Gasteiger partial charge in [-0.05, 0) is 47.9 Å². The number of pyridine rings is 1. The van der Waals surface area contributed by atoms with E-state index >= 15 is 0 Å². The van der Waals surface area contributed by atoms with Crippen molar-refractivity contribution in [3.8, 4) is 0 Å². The molecule has 0 aliphatic rings. The van der Waals surface area contributed by atoms with Crippen LogP contribution in [0.1, 0.15) is 23.6 Å². The van der Waals surface area contributed by atoms with Gasteiger partial charge in [-0.15, -0.1) is 0 Å². The molecule has 0 aliphatic heterocycles. The van der Waals surface area contributed by atoms with Crippen LogP contribution in [0, 0.1) is 0 Å². The standard InChI is InChI=1S/C20H14BrCl2NO/c1-13(25)20(14-5-3-2-4-6-14,15-7-9-17(21)10-8-15)16-11-18(22)24-19(23)12-16/h2-12H,1H3.